The van der Waals surface area contributed by atoms with Crippen molar-refractivity contribution >= 4 is 52.5 Å². The molecule has 3 heterocycles. The average Bonchev–Trinajstić information content (AvgIpc) is 3.76. The molecule has 0 aliphatic carbocycles. The maximum Gasteiger partial charge on any atom is 0.326 e. The smallest absolute Gasteiger partial charge is 0.326 e. The summed E-state index contributed by atoms with van der Waals surface area (Å²) in [4.78, 5) is 82.0. The van der Waals surface area contributed by atoms with Crippen molar-refractivity contribution in [3.8, 4) is 11.1 Å². The molecule has 304 valence electrons. The zero-order valence-electron chi connectivity index (χ0n) is 31.6. The van der Waals surface area contributed by atoms with Crippen LogP contribution in [0.5, 0.6) is 0 Å². The molecule has 8 N–H and O–H groups in total. The summed E-state index contributed by atoms with van der Waals surface area (Å²) in [7, 11) is 0. The number of aliphatic carboxylic acids is 1. The normalized spacial score (nSPS) is 22.2. The zero-order valence-corrected chi connectivity index (χ0v) is 32.4. The summed E-state index contributed by atoms with van der Waals surface area (Å²) < 4.78 is 0. The van der Waals surface area contributed by atoms with Crippen LogP contribution >= 0.6 is 11.3 Å². The highest BCUT2D eigenvalue weighted by atomic mass is 32.1. The van der Waals surface area contributed by atoms with E-state index in [2.05, 4.69) is 26.6 Å². The molecule has 59 heavy (non-hydrogen) atoms. The summed E-state index contributed by atoms with van der Waals surface area (Å²) in [5.74, 6) is -6.08. The van der Waals surface area contributed by atoms with Crippen LogP contribution in [0.4, 0.5) is 5.69 Å². The Labute approximate surface area is 343 Å². The number of anilines is 1. The molecule has 6 atom stereocenters. The summed E-state index contributed by atoms with van der Waals surface area (Å²) >= 11 is 1.29. The number of fused-ring (bicyclic) bond motifs is 18. The molecule has 0 saturated heterocycles. The number of carboxylic acids is 1. The number of thiophene rings is 1. The maximum atomic E-state index is 14.4. The topological polar surface area (TPSA) is 223 Å². The molecule has 2 aliphatic heterocycles. The van der Waals surface area contributed by atoms with Crippen LogP contribution in [0.15, 0.2) is 127 Å². The summed E-state index contributed by atoms with van der Waals surface area (Å²) in [6.07, 6.45) is -4.89. The lowest BCUT2D eigenvalue weighted by Gasteiger charge is -2.27. The van der Waals surface area contributed by atoms with Crippen molar-refractivity contribution in [1.29, 1.82) is 0 Å². The number of rotatable bonds is 8. The molecule has 0 radical (unpaired) electrons. The van der Waals surface area contributed by atoms with E-state index in [-0.39, 0.29) is 31.4 Å². The molecule has 4 aromatic carbocycles. The number of carboxylic acid groups (broad SMARTS) is 1. The fraction of sp³-hybridized carbons (Fsp3) is 0.227. The van der Waals surface area contributed by atoms with Gasteiger partial charge in [0.2, 0.25) is 17.7 Å². The fourth-order valence-electron chi connectivity index (χ4n) is 6.54. The van der Waals surface area contributed by atoms with E-state index in [0.717, 1.165) is 11.1 Å². The Morgan fingerprint density at radius 3 is 1.63 bits per heavy atom. The van der Waals surface area contributed by atoms with Crippen molar-refractivity contribution in [1.82, 2.24) is 21.3 Å². The predicted molar refractivity (Wildman–Crippen MR) is 220 cm³/mol. The van der Waals surface area contributed by atoms with Gasteiger partial charge in [-0.1, -0.05) is 103 Å². The van der Waals surface area contributed by atoms with Gasteiger partial charge in [-0.3, -0.25) is 24.0 Å². The van der Waals surface area contributed by atoms with Gasteiger partial charge >= 0.3 is 5.97 Å². The Morgan fingerprint density at radius 1 is 0.542 bits per heavy atom. The van der Waals surface area contributed by atoms with Gasteiger partial charge < -0.3 is 41.9 Å². The van der Waals surface area contributed by atoms with Crippen molar-refractivity contribution in [2.45, 2.75) is 62.1 Å². The van der Waals surface area contributed by atoms with Gasteiger partial charge in [0.25, 0.3) is 11.8 Å². The lowest BCUT2D eigenvalue weighted by molar-refractivity contribution is -0.145. The number of aliphatic hydroxyl groups is 2. The van der Waals surface area contributed by atoms with E-state index in [1.807, 2.05) is 42.5 Å². The molecule has 5 amide bonds. The van der Waals surface area contributed by atoms with E-state index in [9.17, 15) is 44.1 Å². The maximum absolute atomic E-state index is 14.4. The highest BCUT2D eigenvalue weighted by Gasteiger charge is 2.35. The van der Waals surface area contributed by atoms with Gasteiger partial charge in [-0.15, -0.1) is 11.3 Å². The molecule has 2 bridgehead atoms. The van der Waals surface area contributed by atoms with E-state index in [0.29, 0.717) is 21.6 Å². The second-order valence-electron chi connectivity index (χ2n) is 14.1. The number of hydrogen-bond acceptors (Lipinski definition) is 9. The third-order valence-corrected chi connectivity index (χ3v) is 10.7. The first-order valence-electron chi connectivity index (χ1n) is 18.8. The minimum Gasteiger partial charge on any atom is -0.480 e. The third-order valence-electron chi connectivity index (χ3n) is 9.78. The molecule has 0 fully saturated rings. The molecule has 2 aliphatic rings. The van der Waals surface area contributed by atoms with Crippen LogP contribution < -0.4 is 26.6 Å². The third kappa shape index (κ3) is 11.5. The SMILES string of the molecule is O=C(O)[C@@H]1Cc2ccc(cc2)NC(=O)[C@H](O)[C@@H](O)C(=O)N[C@@H](Cc2cccs2)C(=O)N[C@H](Cc2ccc(-c3ccccc3)cc2)C(=O)N[C@H](Cc2ccccc2)C(=O)N1. The molecule has 15 heteroatoms. The van der Waals surface area contributed by atoms with Gasteiger partial charge in [0, 0.05) is 36.2 Å². The summed E-state index contributed by atoms with van der Waals surface area (Å²) in [5.41, 5.74) is 3.80. The minimum atomic E-state index is -2.30. The second kappa shape index (κ2) is 19.7. The van der Waals surface area contributed by atoms with Crippen LogP contribution in [0, 0.1) is 0 Å². The van der Waals surface area contributed by atoms with Crippen LogP contribution in [-0.2, 0) is 54.5 Å². The van der Waals surface area contributed by atoms with Crippen LogP contribution in [0.2, 0.25) is 0 Å². The van der Waals surface area contributed by atoms with Crippen molar-refractivity contribution in [2.75, 3.05) is 5.32 Å². The number of hydrogen-bond donors (Lipinski definition) is 8. The average molecular weight is 818 g/mol. The number of carbonyl (C=O) groups is 6. The van der Waals surface area contributed by atoms with Crippen LogP contribution in [0.1, 0.15) is 21.6 Å². The Hall–Kier alpha value is -6.68. The van der Waals surface area contributed by atoms with Crippen LogP contribution in [0.3, 0.4) is 0 Å². The van der Waals surface area contributed by atoms with Gasteiger partial charge in [-0.05, 0) is 51.4 Å². The van der Waals surface area contributed by atoms with Gasteiger partial charge in [0.15, 0.2) is 12.2 Å². The zero-order chi connectivity index (χ0) is 41.9. The number of aliphatic hydroxyl groups excluding tert-OH is 2. The molecule has 1 aromatic heterocycles. The predicted octanol–water partition coefficient (Wildman–Crippen LogP) is 2.38. The highest BCUT2D eigenvalue weighted by Crippen LogP contribution is 2.21. The van der Waals surface area contributed by atoms with Crippen molar-refractivity contribution < 1.29 is 44.1 Å². The Morgan fingerprint density at radius 2 is 1.05 bits per heavy atom. The number of amides is 5. The lowest BCUT2D eigenvalue weighted by atomic mass is 9.99. The Kier molecular flexibility index (Phi) is 14.0. The van der Waals surface area contributed by atoms with Crippen LogP contribution in [-0.4, -0.2) is 87.2 Å². The van der Waals surface area contributed by atoms with E-state index < -0.39 is 71.9 Å². The molecule has 14 nitrogen and oxygen atoms in total. The standard InChI is InChI=1S/C44H43N5O9S/c50-37-38(51)43(56)48-35(25-32-12-7-21-59-32)41(54)47-34(23-27-13-17-30(18-14-27)29-10-5-2-6-11-29)39(52)46-33(22-26-8-3-1-4-9-26)40(53)49-36(44(57)58)24-28-15-19-31(20-16-28)45-42(37)55/h1-21,33-38,50-51H,22-25H2,(H,45,55)(H,46,52)(H,47,54)(H,48,56)(H,49,53)(H,57,58)/t33-,34-,35+,36+,37-,38-/m1/s1. The van der Waals surface area contributed by atoms with Crippen molar-refractivity contribution in [3.63, 3.8) is 0 Å². The van der Waals surface area contributed by atoms with E-state index in [4.69, 9.17) is 0 Å². The molecular weight excluding hydrogens is 775 g/mol. The minimum absolute atomic E-state index is 0.0249. The molecule has 7 rings (SSSR count). The monoisotopic (exact) mass is 817 g/mol. The molecule has 5 aromatic rings. The summed E-state index contributed by atoms with van der Waals surface area (Å²) in [6, 6.07) is 29.6. The molecular formula is C44H43N5O9S. The molecule has 0 saturated carbocycles. The number of benzene rings is 4. The highest BCUT2D eigenvalue weighted by molar-refractivity contribution is 7.09. The van der Waals surface area contributed by atoms with Gasteiger partial charge in [0.05, 0.1) is 0 Å². The second-order valence-corrected chi connectivity index (χ2v) is 15.1. The van der Waals surface area contributed by atoms with E-state index in [1.54, 1.807) is 60.0 Å². The fourth-order valence-corrected chi connectivity index (χ4v) is 7.30. The van der Waals surface area contributed by atoms with E-state index >= 15 is 0 Å². The quantitative estimate of drug-likeness (QED) is 0.108. The number of nitrogens with one attached hydrogen (secondary N) is 5. The Balaban J connectivity index is 1.37. The first-order chi connectivity index (χ1) is 28.4. The first-order valence-corrected chi connectivity index (χ1v) is 19.7. The summed E-state index contributed by atoms with van der Waals surface area (Å²) in [6.45, 7) is 0. The number of carbonyl (C=O) groups excluding carboxylic acids is 5. The first kappa shape index (κ1) is 41.9. The molecule has 0 unspecified atom stereocenters. The van der Waals surface area contributed by atoms with E-state index in [1.165, 1.54) is 35.6 Å². The van der Waals surface area contributed by atoms with Crippen molar-refractivity contribution in [3.05, 3.63) is 148 Å². The summed E-state index contributed by atoms with van der Waals surface area (Å²) in [5, 5.41) is 46.3. The van der Waals surface area contributed by atoms with Crippen molar-refractivity contribution in [2.24, 2.45) is 0 Å². The van der Waals surface area contributed by atoms with Gasteiger partial charge in [-0.2, -0.15) is 0 Å². The van der Waals surface area contributed by atoms with Gasteiger partial charge in [-0.25, -0.2) is 4.79 Å². The lowest BCUT2D eigenvalue weighted by Crippen LogP contribution is -2.60. The van der Waals surface area contributed by atoms with Crippen LogP contribution in [0.25, 0.3) is 11.1 Å². The van der Waals surface area contributed by atoms with Gasteiger partial charge in [0.1, 0.15) is 24.2 Å². The molecule has 0 spiro atoms. The Bertz CT molecular complexity index is 2240. The largest absolute Gasteiger partial charge is 0.480 e.